The average Bonchev–Trinajstić information content (AvgIpc) is 3.26. The molecular weight excluding hydrogens is 426 g/mol. The van der Waals surface area contributed by atoms with Crippen molar-refractivity contribution in [2.75, 3.05) is 19.8 Å². The van der Waals surface area contributed by atoms with Crippen molar-refractivity contribution in [3.63, 3.8) is 0 Å². The Morgan fingerprint density at radius 2 is 1.65 bits per heavy atom. The Labute approximate surface area is 196 Å². The first-order chi connectivity index (χ1) is 16.5. The van der Waals surface area contributed by atoms with Crippen LogP contribution in [0.2, 0.25) is 0 Å². The Bertz CT molecular complexity index is 1470. The Balaban J connectivity index is 1.53. The highest BCUT2D eigenvalue weighted by Gasteiger charge is 2.17. The minimum Gasteiger partial charge on any atom is -0.457 e. The van der Waals surface area contributed by atoms with Gasteiger partial charge in [0.1, 0.15) is 11.5 Å². The normalized spacial score (nSPS) is 10.9. The maximum atomic E-state index is 12.4. The van der Waals surface area contributed by atoms with E-state index < -0.39 is 0 Å². The fourth-order valence-electron chi connectivity index (χ4n) is 3.87. The van der Waals surface area contributed by atoms with Crippen LogP contribution in [0.25, 0.3) is 33.3 Å². The van der Waals surface area contributed by atoms with E-state index in [4.69, 9.17) is 15.5 Å². The van der Waals surface area contributed by atoms with Crippen molar-refractivity contribution in [1.29, 1.82) is 0 Å². The van der Waals surface area contributed by atoms with E-state index in [-0.39, 0.29) is 5.91 Å². The van der Waals surface area contributed by atoms with Gasteiger partial charge >= 0.3 is 0 Å². The number of para-hydroxylation sites is 1. The minimum atomic E-state index is -0.0652. The molecule has 2 aromatic heterocycles. The molecule has 5 aromatic rings. The van der Waals surface area contributed by atoms with Gasteiger partial charge in [0.05, 0.1) is 16.6 Å². The third-order valence-electron chi connectivity index (χ3n) is 5.56. The number of carbonyl (C=O) groups excluding carboxylic acids is 1. The molecule has 0 atom stereocenters. The lowest BCUT2D eigenvalue weighted by Crippen LogP contribution is -2.21. The molecule has 0 aliphatic heterocycles. The predicted octanol–water partition coefficient (Wildman–Crippen LogP) is 5.37. The van der Waals surface area contributed by atoms with E-state index in [1.54, 1.807) is 31.3 Å². The number of carbonyl (C=O) groups is 1. The van der Waals surface area contributed by atoms with Crippen molar-refractivity contribution in [2.24, 2.45) is 0 Å². The Kier molecular flexibility index (Phi) is 5.43. The van der Waals surface area contributed by atoms with E-state index >= 15 is 0 Å². The van der Waals surface area contributed by atoms with E-state index in [1.165, 1.54) is 0 Å². The zero-order valence-electron chi connectivity index (χ0n) is 18.8. The number of nitrogens with two attached hydrogens (primary N) is 1. The minimum absolute atomic E-state index is 0.0652. The third kappa shape index (κ3) is 3.95. The van der Waals surface area contributed by atoms with Crippen LogP contribution in [0.1, 0.15) is 10.4 Å². The number of aromatic nitrogens is 3. The first-order valence-electron chi connectivity index (χ1n) is 10.8. The molecule has 34 heavy (non-hydrogen) atoms. The number of ether oxygens (including phenoxy) is 1. The molecule has 0 radical (unpaired) electrons. The molecule has 0 saturated carbocycles. The van der Waals surface area contributed by atoms with Gasteiger partial charge in [0.2, 0.25) is 0 Å². The number of nitrogen functional groups attached to an aromatic ring is 1. The zero-order chi connectivity index (χ0) is 23.7. The number of nitrogens with one attached hydrogen (secondary N) is 1. The van der Waals surface area contributed by atoms with Gasteiger partial charge in [-0.15, -0.1) is 0 Å². The summed E-state index contributed by atoms with van der Waals surface area (Å²) in [5.74, 6) is 1.80. The lowest BCUT2D eigenvalue weighted by atomic mass is 9.99. The first-order valence-corrected chi connectivity index (χ1v) is 10.8. The lowest BCUT2D eigenvalue weighted by molar-refractivity contribution is 0.0827. The molecule has 0 bridgehead atoms. The van der Waals surface area contributed by atoms with Crippen LogP contribution in [-0.2, 0) is 0 Å². The van der Waals surface area contributed by atoms with Crippen LogP contribution in [0.5, 0.6) is 11.5 Å². The molecule has 0 aliphatic carbocycles. The van der Waals surface area contributed by atoms with Crippen molar-refractivity contribution in [1.82, 2.24) is 20.1 Å². The molecule has 7 nitrogen and oxygen atoms in total. The smallest absolute Gasteiger partial charge is 0.253 e. The van der Waals surface area contributed by atoms with Crippen molar-refractivity contribution in [2.45, 2.75) is 0 Å². The summed E-state index contributed by atoms with van der Waals surface area (Å²) >= 11 is 0. The maximum Gasteiger partial charge on any atom is 0.253 e. The molecule has 3 aromatic carbocycles. The molecule has 7 heteroatoms. The van der Waals surface area contributed by atoms with E-state index in [9.17, 15) is 4.79 Å². The zero-order valence-corrected chi connectivity index (χ0v) is 18.8. The van der Waals surface area contributed by atoms with E-state index in [2.05, 4.69) is 10.2 Å². The number of benzene rings is 3. The molecule has 3 N–H and O–H groups in total. The number of nitrogens with zero attached hydrogens (tertiary/aromatic N) is 3. The Morgan fingerprint density at radius 1 is 0.912 bits per heavy atom. The van der Waals surface area contributed by atoms with Gasteiger partial charge in [0, 0.05) is 37.0 Å². The largest absolute Gasteiger partial charge is 0.457 e. The molecule has 0 unspecified atom stereocenters. The van der Waals surface area contributed by atoms with E-state index in [0.29, 0.717) is 11.4 Å². The number of H-pyrrole nitrogens is 1. The predicted molar refractivity (Wildman–Crippen MR) is 134 cm³/mol. The summed E-state index contributed by atoms with van der Waals surface area (Å²) in [6.07, 6.45) is 1.78. The van der Waals surface area contributed by atoms with Crippen LogP contribution in [0, 0.1) is 0 Å². The molecule has 0 saturated heterocycles. The lowest BCUT2D eigenvalue weighted by Gasteiger charge is -2.12. The summed E-state index contributed by atoms with van der Waals surface area (Å²) in [4.78, 5) is 18.7. The van der Waals surface area contributed by atoms with Gasteiger partial charge in [-0.25, -0.2) is 0 Å². The number of hydrogen-bond acceptors (Lipinski definition) is 5. The fraction of sp³-hybridized carbons (Fsp3) is 0.0741. The summed E-state index contributed by atoms with van der Waals surface area (Å²) < 4.78 is 5.90. The summed E-state index contributed by atoms with van der Waals surface area (Å²) in [7, 11) is 3.46. The number of anilines is 1. The van der Waals surface area contributed by atoms with Gasteiger partial charge in [0.15, 0.2) is 5.82 Å². The molecule has 1 amide bonds. The van der Waals surface area contributed by atoms with Crippen LogP contribution in [0.15, 0.2) is 85.1 Å². The van der Waals surface area contributed by atoms with Crippen molar-refractivity contribution < 1.29 is 9.53 Å². The summed E-state index contributed by atoms with van der Waals surface area (Å²) in [6, 6.07) is 24.8. The van der Waals surface area contributed by atoms with E-state index in [0.717, 1.165) is 44.8 Å². The highest BCUT2D eigenvalue weighted by atomic mass is 16.5. The van der Waals surface area contributed by atoms with Crippen molar-refractivity contribution in [3.05, 3.63) is 90.6 Å². The van der Waals surface area contributed by atoms with Crippen molar-refractivity contribution >= 4 is 22.6 Å². The number of aromatic amines is 1. The van der Waals surface area contributed by atoms with E-state index in [1.807, 2.05) is 72.8 Å². The van der Waals surface area contributed by atoms with Crippen LogP contribution in [-0.4, -0.2) is 40.1 Å². The monoisotopic (exact) mass is 449 g/mol. The molecule has 0 fully saturated rings. The van der Waals surface area contributed by atoms with Gasteiger partial charge < -0.3 is 15.4 Å². The SMILES string of the molecule is CN(C)C(=O)c1cccc(-c2cnc(-c3ccc(Oc4ccccc4)cc3)c3c(N)n[nH]c23)c1. The van der Waals surface area contributed by atoms with Crippen LogP contribution in [0.4, 0.5) is 5.82 Å². The summed E-state index contributed by atoms with van der Waals surface area (Å²) in [5, 5.41) is 8.02. The molecule has 0 spiro atoms. The van der Waals surface area contributed by atoms with Crippen LogP contribution >= 0.6 is 0 Å². The second-order valence-electron chi connectivity index (χ2n) is 8.10. The maximum absolute atomic E-state index is 12.4. The highest BCUT2D eigenvalue weighted by Crippen LogP contribution is 2.36. The topological polar surface area (TPSA) is 97.1 Å². The molecular formula is C27H23N5O2. The van der Waals surface area contributed by atoms with Gasteiger partial charge in [-0.3, -0.25) is 14.9 Å². The quantitative estimate of drug-likeness (QED) is 0.376. The molecule has 2 heterocycles. The highest BCUT2D eigenvalue weighted by molar-refractivity contribution is 6.06. The Hall–Kier alpha value is -4.65. The first kappa shape index (κ1) is 21.2. The number of pyridine rings is 1. The summed E-state index contributed by atoms with van der Waals surface area (Å²) in [5.41, 5.74) is 10.9. The average molecular weight is 450 g/mol. The van der Waals surface area contributed by atoms with Crippen LogP contribution < -0.4 is 10.5 Å². The second kappa shape index (κ2) is 8.71. The standard InChI is InChI=1S/C27H23N5O2/c1-32(2)27(33)19-8-6-7-18(15-19)22-16-29-24(23-25(22)30-31-26(23)28)17-11-13-21(14-12-17)34-20-9-4-3-5-10-20/h3-16H,1-2H3,(H3,28,30,31). The Morgan fingerprint density at radius 3 is 2.38 bits per heavy atom. The van der Waals surface area contributed by atoms with Gasteiger partial charge in [0.25, 0.3) is 5.91 Å². The van der Waals surface area contributed by atoms with Gasteiger partial charge in [-0.1, -0.05) is 30.3 Å². The summed E-state index contributed by atoms with van der Waals surface area (Å²) in [6.45, 7) is 0. The van der Waals surface area contributed by atoms with Gasteiger partial charge in [-0.05, 0) is 54.1 Å². The number of fused-ring (bicyclic) bond motifs is 1. The van der Waals surface area contributed by atoms with Crippen molar-refractivity contribution in [3.8, 4) is 33.9 Å². The van der Waals surface area contributed by atoms with Gasteiger partial charge in [-0.2, -0.15) is 5.10 Å². The number of hydrogen-bond donors (Lipinski definition) is 2. The molecule has 5 rings (SSSR count). The van der Waals surface area contributed by atoms with Crippen LogP contribution in [0.3, 0.4) is 0 Å². The molecule has 168 valence electrons. The number of rotatable bonds is 5. The number of amides is 1. The second-order valence-corrected chi connectivity index (χ2v) is 8.10. The third-order valence-corrected chi connectivity index (χ3v) is 5.56. The fourth-order valence-corrected chi connectivity index (χ4v) is 3.87. The molecule has 0 aliphatic rings.